The molecule has 0 atom stereocenters. The Morgan fingerprint density at radius 3 is 1.37 bits per heavy atom. The van der Waals surface area contributed by atoms with Crippen molar-refractivity contribution in [1.29, 1.82) is 0 Å². The molecule has 3 heteroatoms. The summed E-state index contributed by atoms with van der Waals surface area (Å²) >= 11 is 0. The Balaban J connectivity index is 2.11. The van der Waals surface area contributed by atoms with Gasteiger partial charge < -0.3 is 10.0 Å². The molecule has 0 spiro atoms. The third-order valence-electron chi connectivity index (χ3n) is 4.73. The normalized spacial score (nSPS) is 10.6. The summed E-state index contributed by atoms with van der Waals surface area (Å²) in [5, 5.41) is 20.1. The number of benzene rings is 4. The molecular formula is C24H19BO2. The Labute approximate surface area is 159 Å². The average Bonchev–Trinajstić information content (AvgIpc) is 2.74. The van der Waals surface area contributed by atoms with Gasteiger partial charge in [-0.25, -0.2) is 0 Å². The standard InChI is InChI=1S/C24H19BO2/c26-25(27)22-17-16-21(18-10-4-1-5-11-18)23(19-12-6-2-7-13-19)24(22)20-14-8-3-9-15-20/h1-17,26-27H. The topological polar surface area (TPSA) is 40.5 Å². The van der Waals surface area contributed by atoms with Gasteiger partial charge in [0.1, 0.15) is 0 Å². The lowest BCUT2D eigenvalue weighted by Crippen LogP contribution is -2.32. The fraction of sp³-hybridized carbons (Fsp3) is 0. The molecule has 0 aromatic heterocycles. The van der Waals surface area contributed by atoms with Gasteiger partial charge in [0.25, 0.3) is 0 Å². The highest BCUT2D eigenvalue weighted by atomic mass is 16.4. The van der Waals surface area contributed by atoms with Gasteiger partial charge in [0.05, 0.1) is 0 Å². The van der Waals surface area contributed by atoms with Crippen LogP contribution in [0.2, 0.25) is 0 Å². The third kappa shape index (κ3) is 3.43. The summed E-state index contributed by atoms with van der Waals surface area (Å²) in [4.78, 5) is 0. The van der Waals surface area contributed by atoms with Crippen LogP contribution in [0.5, 0.6) is 0 Å². The molecule has 4 rings (SSSR count). The van der Waals surface area contributed by atoms with Gasteiger partial charge in [-0.05, 0) is 38.8 Å². The zero-order valence-corrected chi connectivity index (χ0v) is 14.8. The van der Waals surface area contributed by atoms with Gasteiger partial charge >= 0.3 is 7.12 Å². The second-order valence-corrected chi connectivity index (χ2v) is 6.42. The van der Waals surface area contributed by atoms with E-state index in [1.165, 1.54) is 0 Å². The molecule has 27 heavy (non-hydrogen) atoms. The molecule has 0 fully saturated rings. The van der Waals surface area contributed by atoms with E-state index in [9.17, 15) is 10.0 Å². The van der Waals surface area contributed by atoms with E-state index in [2.05, 4.69) is 24.3 Å². The second-order valence-electron chi connectivity index (χ2n) is 6.42. The molecule has 0 heterocycles. The Morgan fingerprint density at radius 1 is 0.444 bits per heavy atom. The van der Waals surface area contributed by atoms with Crippen molar-refractivity contribution in [1.82, 2.24) is 0 Å². The van der Waals surface area contributed by atoms with Crippen LogP contribution in [0.4, 0.5) is 0 Å². The maximum absolute atomic E-state index is 10.1. The van der Waals surface area contributed by atoms with Gasteiger partial charge in [-0.2, -0.15) is 0 Å². The molecule has 4 aromatic carbocycles. The van der Waals surface area contributed by atoms with Crippen molar-refractivity contribution in [3.05, 3.63) is 103 Å². The molecule has 0 radical (unpaired) electrons. The molecule has 0 unspecified atom stereocenters. The average molecular weight is 350 g/mol. The summed E-state index contributed by atoms with van der Waals surface area (Å²) in [5.41, 5.74) is 6.49. The molecule has 0 bridgehead atoms. The quantitative estimate of drug-likeness (QED) is 0.537. The van der Waals surface area contributed by atoms with Gasteiger partial charge in [-0.1, -0.05) is 103 Å². The van der Waals surface area contributed by atoms with Crippen molar-refractivity contribution in [3.63, 3.8) is 0 Å². The predicted molar refractivity (Wildman–Crippen MR) is 113 cm³/mol. The first-order chi connectivity index (χ1) is 13.3. The van der Waals surface area contributed by atoms with Crippen LogP contribution >= 0.6 is 0 Å². The van der Waals surface area contributed by atoms with Crippen molar-refractivity contribution in [2.75, 3.05) is 0 Å². The summed E-state index contributed by atoms with van der Waals surface area (Å²) in [7, 11) is -1.55. The molecule has 0 aliphatic rings. The first-order valence-electron chi connectivity index (χ1n) is 8.95. The number of rotatable bonds is 4. The predicted octanol–water partition coefficient (Wildman–Crippen LogP) is 4.37. The van der Waals surface area contributed by atoms with Crippen molar-refractivity contribution in [3.8, 4) is 33.4 Å². The molecule has 2 nitrogen and oxygen atoms in total. The number of hydrogen-bond donors (Lipinski definition) is 2. The lowest BCUT2D eigenvalue weighted by Gasteiger charge is -2.20. The van der Waals surface area contributed by atoms with Gasteiger partial charge in [0.15, 0.2) is 0 Å². The maximum atomic E-state index is 10.1. The van der Waals surface area contributed by atoms with Crippen molar-refractivity contribution in [2.24, 2.45) is 0 Å². The summed E-state index contributed by atoms with van der Waals surface area (Å²) in [6, 6.07) is 34.0. The van der Waals surface area contributed by atoms with Crippen molar-refractivity contribution >= 4 is 12.6 Å². The van der Waals surface area contributed by atoms with Crippen LogP contribution in [0.25, 0.3) is 33.4 Å². The van der Waals surface area contributed by atoms with Gasteiger partial charge in [-0.3, -0.25) is 0 Å². The molecule has 0 saturated carbocycles. The molecule has 4 aromatic rings. The van der Waals surface area contributed by atoms with E-state index in [0.29, 0.717) is 5.46 Å². The SMILES string of the molecule is OB(O)c1ccc(-c2ccccc2)c(-c2ccccc2)c1-c1ccccc1. The third-order valence-corrected chi connectivity index (χ3v) is 4.73. The Morgan fingerprint density at radius 2 is 0.889 bits per heavy atom. The monoisotopic (exact) mass is 350 g/mol. The van der Waals surface area contributed by atoms with Crippen LogP contribution in [-0.2, 0) is 0 Å². The van der Waals surface area contributed by atoms with Crippen LogP contribution in [0.1, 0.15) is 0 Å². The van der Waals surface area contributed by atoms with E-state index in [4.69, 9.17) is 0 Å². The Kier molecular flexibility index (Phi) is 4.88. The van der Waals surface area contributed by atoms with E-state index in [1.54, 1.807) is 0 Å². The molecule has 0 aliphatic carbocycles. The zero-order chi connectivity index (χ0) is 18.6. The van der Waals surface area contributed by atoms with Crippen molar-refractivity contribution < 1.29 is 10.0 Å². The maximum Gasteiger partial charge on any atom is 0.489 e. The highest BCUT2D eigenvalue weighted by molar-refractivity contribution is 6.61. The minimum absolute atomic E-state index is 0.500. The summed E-state index contributed by atoms with van der Waals surface area (Å²) in [6.07, 6.45) is 0. The lowest BCUT2D eigenvalue weighted by molar-refractivity contribution is 0.426. The zero-order valence-electron chi connectivity index (χ0n) is 14.8. The molecule has 0 amide bonds. The minimum atomic E-state index is -1.55. The van der Waals surface area contributed by atoms with Crippen LogP contribution in [0.15, 0.2) is 103 Å². The highest BCUT2D eigenvalue weighted by Gasteiger charge is 2.23. The largest absolute Gasteiger partial charge is 0.489 e. The highest BCUT2D eigenvalue weighted by Crippen LogP contribution is 2.39. The van der Waals surface area contributed by atoms with Gasteiger partial charge in [0, 0.05) is 0 Å². The van der Waals surface area contributed by atoms with Crippen LogP contribution in [0, 0.1) is 0 Å². The minimum Gasteiger partial charge on any atom is -0.423 e. The fourth-order valence-electron chi connectivity index (χ4n) is 3.51. The summed E-state index contributed by atoms with van der Waals surface area (Å²) < 4.78 is 0. The van der Waals surface area contributed by atoms with Crippen molar-refractivity contribution in [2.45, 2.75) is 0 Å². The first-order valence-corrected chi connectivity index (χ1v) is 8.95. The Hall–Kier alpha value is -3.14. The molecule has 130 valence electrons. The molecule has 0 saturated heterocycles. The smallest absolute Gasteiger partial charge is 0.423 e. The molecular weight excluding hydrogens is 331 g/mol. The van der Waals surface area contributed by atoms with E-state index >= 15 is 0 Å². The van der Waals surface area contributed by atoms with E-state index in [0.717, 1.165) is 33.4 Å². The summed E-state index contributed by atoms with van der Waals surface area (Å²) in [5.74, 6) is 0. The fourth-order valence-corrected chi connectivity index (χ4v) is 3.51. The second kappa shape index (κ2) is 7.62. The van der Waals surface area contributed by atoms with E-state index < -0.39 is 7.12 Å². The van der Waals surface area contributed by atoms with Crippen LogP contribution in [0.3, 0.4) is 0 Å². The van der Waals surface area contributed by atoms with Gasteiger partial charge in [0.2, 0.25) is 0 Å². The van der Waals surface area contributed by atoms with Gasteiger partial charge in [-0.15, -0.1) is 0 Å². The molecule has 0 aliphatic heterocycles. The number of hydrogen-bond acceptors (Lipinski definition) is 2. The molecule has 2 N–H and O–H groups in total. The summed E-state index contributed by atoms with van der Waals surface area (Å²) in [6.45, 7) is 0. The van der Waals surface area contributed by atoms with E-state index in [-0.39, 0.29) is 0 Å². The van der Waals surface area contributed by atoms with Crippen LogP contribution in [-0.4, -0.2) is 17.2 Å². The van der Waals surface area contributed by atoms with E-state index in [1.807, 2.05) is 78.9 Å². The first kappa shape index (κ1) is 17.3. The Bertz CT molecular complexity index is 1030. The lowest BCUT2D eigenvalue weighted by atomic mass is 9.71. The van der Waals surface area contributed by atoms with Crippen LogP contribution < -0.4 is 5.46 Å².